The number of benzene rings is 3. The van der Waals surface area contributed by atoms with Crippen molar-refractivity contribution in [1.82, 2.24) is 5.16 Å². The normalized spacial score (nSPS) is 14.8. The van der Waals surface area contributed by atoms with Gasteiger partial charge in [-0.15, -0.1) is 0 Å². The van der Waals surface area contributed by atoms with Crippen molar-refractivity contribution in [3.8, 4) is 28.2 Å². The zero-order chi connectivity index (χ0) is 26.0. The van der Waals surface area contributed by atoms with Gasteiger partial charge in [0, 0.05) is 11.1 Å². The number of carboxylic acid groups (broad SMARTS) is 1. The first kappa shape index (κ1) is 24.8. The third kappa shape index (κ3) is 5.17. The maximum absolute atomic E-state index is 11.6. The van der Waals surface area contributed by atoms with Crippen LogP contribution in [0.1, 0.15) is 48.6 Å². The second-order valence-electron chi connectivity index (χ2n) is 10.3. The highest BCUT2D eigenvalue weighted by atomic mass is 16.5. The van der Waals surface area contributed by atoms with Gasteiger partial charge in [-0.3, -0.25) is 4.79 Å². The zero-order valence-corrected chi connectivity index (χ0v) is 21.7. The van der Waals surface area contributed by atoms with Crippen molar-refractivity contribution in [2.45, 2.75) is 51.4 Å². The molecule has 37 heavy (non-hydrogen) atoms. The molecule has 1 heterocycles. The molecule has 4 aromatic rings. The van der Waals surface area contributed by atoms with E-state index in [0.29, 0.717) is 5.92 Å². The third-order valence-corrected chi connectivity index (χ3v) is 7.70. The minimum atomic E-state index is -0.724. The smallest absolute Gasteiger partial charge is 0.314 e. The summed E-state index contributed by atoms with van der Waals surface area (Å²) in [6.07, 6.45) is 4.45. The number of hydrogen-bond acceptors (Lipinski definition) is 4. The summed E-state index contributed by atoms with van der Waals surface area (Å²) in [5.41, 5.74) is 6.81. The van der Waals surface area contributed by atoms with Crippen LogP contribution in [0.15, 0.2) is 77.3 Å². The monoisotopic (exact) mass is 495 g/mol. The van der Waals surface area contributed by atoms with E-state index in [9.17, 15) is 9.90 Å². The van der Waals surface area contributed by atoms with Gasteiger partial charge in [0.15, 0.2) is 5.76 Å². The Hall–Kier alpha value is -3.86. The number of carboxylic acids is 1. The van der Waals surface area contributed by atoms with Crippen molar-refractivity contribution < 1.29 is 19.2 Å². The fourth-order valence-corrected chi connectivity index (χ4v) is 5.06. The Morgan fingerprint density at radius 1 is 0.973 bits per heavy atom. The topological polar surface area (TPSA) is 72.6 Å². The van der Waals surface area contributed by atoms with Crippen LogP contribution < -0.4 is 4.74 Å². The van der Waals surface area contributed by atoms with Crippen LogP contribution in [0.5, 0.6) is 5.75 Å². The third-order valence-electron chi connectivity index (χ3n) is 7.70. The molecule has 1 aliphatic rings. The minimum Gasteiger partial charge on any atom is -0.497 e. The molecule has 0 aliphatic heterocycles. The van der Waals surface area contributed by atoms with Crippen molar-refractivity contribution in [2.24, 2.45) is 5.92 Å². The molecule has 5 nitrogen and oxygen atoms in total. The molecule has 1 aliphatic carbocycles. The van der Waals surface area contributed by atoms with Gasteiger partial charge in [-0.2, -0.15) is 0 Å². The summed E-state index contributed by atoms with van der Waals surface area (Å²) >= 11 is 0. The van der Waals surface area contributed by atoms with Crippen molar-refractivity contribution >= 4 is 5.97 Å². The van der Waals surface area contributed by atoms with Crippen LogP contribution in [-0.2, 0) is 23.1 Å². The Balaban J connectivity index is 1.26. The van der Waals surface area contributed by atoms with E-state index in [1.165, 1.54) is 11.1 Å². The van der Waals surface area contributed by atoms with Gasteiger partial charge in [0.05, 0.1) is 18.2 Å². The number of methoxy groups -OCH3 is 1. The van der Waals surface area contributed by atoms with E-state index < -0.39 is 11.4 Å². The summed E-state index contributed by atoms with van der Waals surface area (Å²) in [6.45, 7) is 4.29. The highest BCUT2D eigenvalue weighted by molar-refractivity contribution is 5.85. The van der Waals surface area contributed by atoms with Gasteiger partial charge in [0.1, 0.15) is 5.75 Å². The lowest BCUT2D eigenvalue weighted by atomic mass is 9.91. The number of hydrogen-bond donors (Lipinski definition) is 1. The van der Waals surface area contributed by atoms with Gasteiger partial charge in [-0.25, -0.2) is 0 Å². The molecule has 0 saturated heterocycles. The lowest BCUT2D eigenvalue weighted by molar-refractivity contribution is -0.140. The van der Waals surface area contributed by atoms with Gasteiger partial charge in [0.2, 0.25) is 0 Å². The van der Waals surface area contributed by atoms with Crippen LogP contribution in [0.25, 0.3) is 22.5 Å². The van der Waals surface area contributed by atoms with Gasteiger partial charge in [0.25, 0.3) is 0 Å². The molecule has 1 atom stereocenters. The summed E-state index contributed by atoms with van der Waals surface area (Å²) in [5, 5.41) is 13.8. The number of aliphatic carboxylic acids is 1. The lowest BCUT2D eigenvalue weighted by Gasteiger charge is -2.13. The summed E-state index contributed by atoms with van der Waals surface area (Å²) in [6, 6.07) is 24.6. The molecule has 0 bridgehead atoms. The van der Waals surface area contributed by atoms with Crippen LogP contribution in [0.2, 0.25) is 0 Å². The lowest BCUT2D eigenvalue weighted by Crippen LogP contribution is -2.19. The molecule has 0 spiro atoms. The maximum atomic E-state index is 11.6. The summed E-state index contributed by atoms with van der Waals surface area (Å²) in [4.78, 5) is 11.6. The average Bonchev–Trinajstić information content (AvgIpc) is 3.67. The largest absolute Gasteiger partial charge is 0.497 e. The van der Waals surface area contributed by atoms with Gasteiger partial charge >= 0.3 is 5.97 Å². The van der Waals surface area contributed by atoms with E-state index in [2.05, 4.69) is 48.5 Å². The highest BCUT2D eigenvalue weighted by Crippen LogP contribution is 2.48. The molecule has 1 aromatic heterocycles. The molecular formula is C32H33NO4. The van der Waals surface area contributed by atoms with E-state index in [1.54, 1.807) is 7.11 Å². The van der Waals surface area contributed by atoms with E-state index in [-0.39, 0.29) is 0 Å². The number of aromatic nitrogens is 1. The van der Waals surface area contributed by atoms with Crippen molar-refractivity contribution in [2.75, 3.05) is 7.11 Å². The fraction of sp³-hybridized carbons (Fsp3) is 0.312. The van der Waals surface area contributed by atoms with Crippen LogP contribution in [0, 0.1) is 12.8 Å². The molecule has 1 saturated carbocycles. The van der Waals surface area contributed by atoms with Gasteiger partial charge in [-0.05, 0) is 79.3 Å². The summed E-state index contributed by atoms with van der Waals surface area (Å²) < 4.78 is 11.0. The molecule has 1 N–H and O–H groups in total. The minimum absolute atomic E-state index is 0.484. The molecular weight excluding hydrogens is 462 g/mol. The van der Waals surface area contributed by atoms with E-state index in [4.69, 9.17) is 9.26 Å². The van der Waals surface area contributed by atoms with Crippen molar-refractivity contribution in [1.29, 1.82) is 0 Å². The molecule has 190 valence electrons. The Bertz CT molecular complexity index is 1360. The molecule has 3 aromatic carbocycles. The van der Waals surface area contributed by atoms with Crippen LogP contribution >= 0.6 is 0 Å². The second kappa shape index (κ2) is 10.3. The van der Waals surface area contributed by atoms with Gasteiger partial charge < -0.3 is 14.4 Å². The molecule has 0 radical (unpaired) electrons. The molecule has 0 amide bonds. The van der Waals surface area contributed by atoms with Crippen LogP contribution in [-0.4, -0.2) is 23.3 Å². The predicted molar refractivity (Wildman–Crippen MR) is 145 cm³/mol. The number of aryl methyl sites for hydroxylation is 2. The van der Waals surface area contributed by atoms with E-state index >= 15 is 0 Å². The standard InChI is InChI=1S/C32H33NO4/c1-21(4-5-23-6-16-28(36-3)17-7-23)20-29-22(2)33-37-30(29)26-10-8-24(9-11-26)25-12-14-27(15-13-25)32(18-19-32)31(34)35/h6-17,21H,4-5,18-20H2,1-3H3,(H,34,35). The maximum Gasteiger partial charge on any atom is 0.314 e. The zero-order valence-electron chi connectivity index (χ0n) is 21.7. The summed E-state index contributed by atoms with van der Waals surface area (Å²) in [7, 11) is 1.69. The van der Waals surface area contributed by atoms with Crippen molar-refractivity contribution in [3.05, 3.63) is 95.2 Å². The SMILES string of the molecule is COc1ccc(CCC(C)Cc2c(C)noc2-c2ccc(-c3ccc(C4(C(=O)O)CC4)cc3)cc2)cc1. The Kier molecular flexibility index (Phi) is 6.88. The Labute approximate surface area is 218 Å². The van der Waals surface area contributed by atoms with Gasteiger partial charge in [-0.1, -0.05) is 72.7 Å². The average molecular weight is 496 g/mol. The molecule has 1 unspecified atom stereocenters. The fourth-order valence-electron chi connectivity index (χ4n) is 5.06. The number of ether oxygens (including phenoxy) is 1. The number of rotatable bonds is 10. The molecule has 5 heteroatoms. The Morgan fingerprint density at radius 2 is 1.57 bits per heavy atom. The predicted octanol–water partition coefficient (Wildman–Crippen LogP) is 7.25. The van der Waals surface area contributed by atoms with E-state index in [0.717, 1.165) is 71.6 Å². The van der Waals surface area contributed by atoms with E-state index in [1.807, 2.05) is 43.3 Å². The molecule has 5 rings (SSSR count). The first-order valence-electron chi connectivity index (χ1n) is 12.9. The van der Waals surface area contributed by atoms with Crippen LogP contribution in [0.4, 0.5) is 0 Å². The van der Waals surface area contributed by atoms with Crippen molar-refractivity contribution in [3.63, 3.8) is 0 Å². The highest BCUT2D eigenvalue weighted by Gasteiger charge is 2.51. The second-order valence-corrected chi connectivity index (χ2v) is 10.3. The number of nitrogens with zero attached hydrogens (tertiary/aromatic N) is 1. The summed E-state index contributed by atoms with van der Waals surface area (Å²) in [5.74, 6) is 1.48. The molecule has 1 fully saturated rings. The first-order valence-corrected chi connectivity index (χ1v) is 12.9. The first-order chi connectivity index (χ1) is 17.9. The Morgan fingerprint density at radius 3 is 2.14 bits per heavy atom. The number of carbonyl (C=O) groups is 1. The van der Waals surface area contributed by atoms with Crippen LogP contribution in [0.3, 0.4) is 0 Å². The quantitative estimate of drug-likeness (QED) is 0.251.